The lowest BCUT2D eigenvalue weighted by Gasteiger charge is -2.36. The summed E-state index contributed by atoms with van der Waals surface area (Å²) in [7, 11) is 1.72. The number of amides is 1. The molecule has 1 fully saturated rings. The number of rotatable bonds is 9. The molecule has 0 bridgehead atoms. The lowest BCUT2D eigenvalue weighted by atomic mass is 10.0. The molecule has 0 saturated carbocycles. The second-order valence-corrected chi connectivity index (χ2v) is 7.58. The highest BCUT2D eigenvalue weighted by Gasteiger charge is 2.21. The summed E-state index contributed by atoms with van der Waals surface area (Å²) in [5, 5.41) is 6.42. The van der Waals surface area contributed by atoms with Gasteiger partial charge in [-0.3, -0.25) is 9.79 Å². The maximum absolute atomic E-state index is 12.6. The molecule has 1 amide bonds. The van der Waals surface area contributed by atoms with E-state index in [9.17, 15) is 4.79 Å². The number of nitrogens with one attached hydrogen (secondary N) is 2. The highest BCUT2D eigenvalue weighted by atomic mass is 16.5. The Morgan fingerprint density at radius 1 is 1.14 bits per heavy atom. The van der Waals surface area contributed by atoms with E-state index in [-0.39, 0.29) is 18.6 Å². The van der Waals surface area contributed by atoms with Crippen molar-refractivity contribution in [2.24, 2.45) is 10.9 Å². The number of hydrogen-bond donors (Lipinski definition) is 2. The van der Waals surface area contributed by atoms with Crippen molar-refractivity contribution in [3.8, 4) is 0 Å². The first kappa shape index (κ1) is 23.0. The Morgan fingerprint density at radius 3 is 2.41 bits per heavy atom. The van der Waals surface area contributed by atoms with Gasteiger partial charge in [-0.25, -0.2) is 0 Å². The highest BCUT2D eigenvalue weighted by molar-refractivity contribution is 5.86. The second-order valence-electron chi connectivity index (χ2n) is 7.58. The molecule has 7 heteroatoms. The van der Waals surface area contributed by atoms with E-state index < -0.39 is 0 Å². The summed E-state index contributed by atoms with van der Waals surface area (Å²) in [6, 6.07) is 10.4. The fourth-order valence-electron chi connectivity index (χ4n) is 3.50. The zero-order valence-electron chi connectivity index (χ0n) is 18.4. The molecule has 162 valence electrons. The number of carbonyl (C=O) groups excluding carboxylic acids is 1. The standard InChI is InChI=1S/C22H37N5O2/c1-5-29-20(18(2)3)11-12-24-22(23-4)25-17-21(28)27-15-13-26(14-16-27)19-9-7-6-8-10-19/h6-10,18,20H,5,11-17H2,1-4H3,(H2,23,24,25). The van der Waals surface area contributed by atoms with Crippen LogP contribution in [-0.2, 0) is 9.53 Å². The molecule has 1 aliphatic heterocycles. The maximum Gasteiger partial charge on any atom is 0.242 e. The number of hydrogen-bond acceptors (Lipinski definition) is 4. The van der Waals surface area contributed by atoms with Gasteiger partial charge in [0.2, 0.25) is 5.91 Å². The lowest BCUT2D eigenvalue weighted by Crippen LogP contribution is -2.52. The molecule has 0 spiro atoms. The fraction of sp³-hybridized carbons (Fsp3) is 0.636. The third-order valence-corrected chi connectivity index (χ3v) is 5.23. The molecular weight excluding hydrogens is 366 g/mol. The fourth-order valence-corrected chi connectivity index (χ4v) is 3.50. The van der Waals surface area contributed by atoms with Crippen LogP contribution in [0.4, 0.5) is 5.69 Å². The molecule has 1 aliphatic rings. The van der Waals surface area contributed by atoms with Gasteiger partial charge in [0.1, 0.15) is 0 Å². The van der Waals surface area contributed by atoms with Gasteiger partial charge in [0.05, 0.1) is 12.6 Å². The quantitative estimate of drug-likeness (QED) is 0.487. The minimum Gasteiger partial charge on any atom is -0.378 e. The summed E-state index contributed by atoms with van der Waals surface area (Å²) in [5.41, 5.74) is 1.22. The van der Waals surface area contributed by atoms with Crippen LogP contribution in [0.5, 0.6) is 0 Å². The van der Waals surface area contributed by atoms with Gasteiger partial charge in [-0.2, -0.15) is 0 Å². The van der Waals surface area contributed by atoms with Gasteiger partial charge in [-0.05, 0) is 31.4 Å². The number of nitrogens with zero attached hydrogens (tertiary/aromatic N) is 3. The third-order valence-electron chi connectivity index (χ3n) is 5.23. The molecule has 2 N–H and O–H groups in total. The number of para-hydroxylation sites is 1. The van der Waals surface area contributed by atoms with Crippen molar-refractivity contribution >= 4 is 17.6 Å². The van der Waals surface area contributed by atoms with Crippen molar-refractivity contribution in [1.29, 1.82) is 0 Å². The van der Waals surface area contributed by atoms with E-state index in [0.29, 0.717) is 11.9 Å². The lowest BCUT2D eigenvalue weighted by molar-refractivity contribution is -0.130. The van der Waals surface area contributed by atoms with Gasteiger partial charge in [0, 0.05) is 52.1 Å². The molecular formula is C22H37N5O2. The van der Waals surface area contributed by atoms with Crippen molar-refractivity contribution in [3.05, 3.63) is 30.3 Å². The second kappa shape index (κ2) is 12.3. The van der Waals surface area contributed by atoms with Crippen molar-refractivity contribution in [2.75, 3.05) is 57.8 Å². The van der Waals surface area contributed by atoms with E-state index in [1.807, 2.05) is 30.0 Å². The Morgan fingerprint density at radius 2 is 1.83 bits per heavy atom. The van der Waals surface area contributed by atoms with Crippen LogP contribution in [0.2, 0.25) is 0 Å². The van der Waals surface area contributed by atoms with Gasteiger partial charge in [-0.15, -0.1) is 0 Å². The summed E-state index contributed by atoms with van der Waals surface area (Å²) in [4.78, 5) is 21.0. The Balaban J connectivity index is 1.69. The van der Waals surface area contributed by atoms with Gasteiger partial charge < -0.3 is 25.2 Å². The van der Waals surface area contributed by atoms with Crippen molar-refractivity contribution < 1.29 is 9.53 Å². The molecule has 29 heavy (non-hydrogen) atoms. The average molecular weight is 404 g/mol. The van der Waals surface area contributed by atoms with Crippen LogP contribution >= 0.6 is 0 Å². The first-order valence-corrected chi connectivity index (χ1v) is 10.7. The smallest absolute Gasteiger partial charge is 0.242 e. The number of aliphatic imine (C=N–C) groups is 1. The van der Waals surface area contributed by atoms with E-state index in [0.717, 1.165) is 45.8 Å². The molecule has 1 unspecified atom stereocenters. The van der Waals surface area contributed by atoms with Crippen LogP contribution in [0.15, 0.2) is 35.3 Å². The Bertz CT molecular complexity index is 627. The number of benzene rings is 1. The minimum absolute atomic E-state index is 0.107. The molecule has 0 radical (unpaired) electrons. The molecule has 0 aromatic heterocycles. The molecule has 1 saturated heterocycles. The first-order chi connectivity index (χ1) is 14.0. The van der Waals surface area contributed by atoms with Gasteiger partial charge in [0.15, 0.2) is 5.96 Å². The van der Waals surface area contributed by atoms with Crippen molar-refractivity contribution in [3.63, 3.8) is 0 Å². The minimum atomic E-state index is 0.107. The van der Waals surface area contributed by atoms with Gasteiger partial charge in [-0.1, -0.05) is 32.0 Å². The van der Waals surface area contributed by atoms with Gasteiger partial charge in [0.25, 0.3) is 0 Å². The van der Waals surface area contributed by atoms with Crippen LogP contribution in [0.3, 0.4) is 0 Å². The Hall–Kier alpha value is -2.28. The highest BCUT2D eigenvalue weighted by Crippen LogP contribution is 2.15. The van der Waals surface area contributed by atoms with Crippen LogP contribution in [0.25, 0.3) is 0 Å². The summed E-state index contributed by atoms with van der Waals surface area (Å²) < 4.78 is 5.77. The number of anilines is 1. The number of guanidine groups is 1. The Kier molecular flexibility index (Phi) is 9.77. The van der Waals surface area contributed by atoms with Crippen LogP contribution < -0.4 is 15.5 Å². The van der Waals surface area contributed by atoms with Crippen LogP contribution in [0.1, 0.15) is 27.2 Å². The van der Waals surface area contributed by atoms with Crippen molar-refractivity contribution in [1.82, 2.24) is 15.5 Å². The Labute approximate surface area is 175 Å². The zero-order valence-corrected chi connectivity index (χ0v) is 18.4. The molecule has 7 nitrogen and oxygen atoms in total. The predicted octanol–water partition coefficient (Wildman–Crippen LogP) is 1.95. The van der Waals surface area contributed by atoms with Crippen LogP contribution in [0, 0.1) is 5.92 Å². The summed E-state index contributed by atoms with van der Waals surface area (Å²) in [6.45, 7) is 11.3. The number of carbonyl (C=O) groups is 1. The summed E-state index contributed by atoms with van der Waals surface area (Å²) >= 11 is 0. The maximum atomic E-state index is 12.6. The van der Waals surface area contributed by atoms with E-state index in [2.05, 4.69) is 46.5 Å². The van der Waals surface area contributed by atoms with Crippen molar-refractivity contribution in [2.45, 2.75) is 33.3 Å². The van der Waals surface area contributed by atoms with E-state index in [1.165, 1.54) is 5.69 Å². The van der Waals surface area contributed by atoms with Crippen LogP contribution in [-0.4, -0.2) is 75.8 Å². The predicted molar refractivity (Wildman–Crippen MR) is 119 cm³/mol. The first-order valence-electron chi connectivity index (χ1n) is 10.7. The average Bonchev–Trinajstić information content (AvgIpc) is 2.75. The van der Waals surface area contributed by atoms with Gasteiger partial charge >= 0.3 is 0 Å². The zero-order chi connectivity index (χ0) is 21.1. The van der Waals surface area contributed by atoms with E-state index in [4.69, 9.17) is 4.74 Å². The summed E-state index contributed by atoms with van der Waals surface area (Å²) in [6.07, 6.45) is 1.13. The SMILES string of the molecule is CCOC(CCNC(=NC)NCC(=O)N1CCN(c2ccccc2)CC1)C(C)C. The number of ether oxygens (including phenoxy) is 1. The monoisotopic (exact) mass is 403 g/mol. The largest absolute Gasteiger partial charge is 0.378 e. The third kappa shape index (κ3) is 7.57. The van der Waals surface area contributed by atoms with E-state index >= 15 is 0 Å². The molecule has 0 aliphatic carbocycles. The topological polar surface area (TPSA) is 69.2 Å². The summed E-state index contributed by atoms with van der Waals surface area (Å²) in [5.74, 6) is 1.23. The molecule has 2 rings (SSSR count). The molecule has 1 aromatic carbocycles. The van der Waals surface area contributed by atoms with E-state index in [1.54, 1.807) is 7.05 Å². The molecule has 1 atom stereocenters. The number of piperazine rings is 1. The molecule has 1 heterocycles. The normalized spacial score (nSPS) is 16.1. The molecule has 1 aromatic rings.